The maximum Gasteiger partial charge on any atom is 0.192 e. The van der Waals surface area contributed by atoms with E-state index < -0.39 is 0 Å². The molecule has 0 aliphatic heterocycles. The van der Waals surface area contributed by atoms with Crippen molar-refractivity contribution in [1.29, 1.82) is 0 Å². The third kappa shape index (κ3) is 4.27. The van der Waals surface area contributed by atoms with Crippen LogP contribution in [0.15, 0.2) is 53.9 Å². The van der Waals surface area contributed by atoms with Gasteiger partial charge in [-0.3, -0.25) is 14.3 Å². The Kier molecular flexibility index (Phi) is 5.30. The number of hydrogen-bond donors (Lipinski definition) is 0. The maximum absolute atomic E-state index is 13.0. The molecule has 0 bridgehead atoms. The van der Waals surface area contributed by atoms with Gasteiger partial charge < -0.3 is 0 Å². The Balaban J connectivity index is 1.55. The number of thioether (sulfide) groups is 1. The highest BCUT2D eigenvalue weighted by Gasteiger charge is 2.31. The van der Waals surface area contributed by atoms with Crippen LogP contribution in [0.3, 0.4) is 0 Å². The number of Topliss-reactive ketones (excluding diaryl/α,β-unsaturated/α-hetero) is 1. The smallest absolute Gasteiger partial charge is 0.192 e. The van der Waals surface area contributed by atoms with Gasteiger partial charge in [0.2, 0.25) is 0 Å². The zero-order valence-corrected chi connectivity index (χ0v) is 18.1. The molecule has 2 heterocycles. The molecule has 5 nitrogen and oxygen atoms in total. The summed E-state index contributed by atoms with van der Waals surface area (Å²) in [4.78, 5) is 17.1. The van der Waals surface area contributed by atoms with E-state index in [0.29, 0.717) is 6.04 Å². The summed E-state index contributed by atoms with van der Waals surface area (Å²) in [5.41, 5.74) is 3.05. The quantitative estimate of drug-likeness (QED) is 0.409. The molecule has 150 valence electrons. The van der Waals surface area contributed by atoms with Crippen molar-refractivity contribution in [3.05, 3.63) is 59.9 Å². The van der Waals surface area contributed by atoms with Gasteiger partial charge in [-0.2, -0.15) is 0 Å². The van der Waals surface area contributed by atoms with Crippen LogP contribution in [0.25, 0.3) is 11.4 Å². The predicted molar refractivity (Wildman–Crippen MR) is 116 cm³/mol. The second-order valence-electron chi connectivity index (χ2n) is 8.59. The van der Waals surface area contributed by atoms with Crippen molar-refractivity contribution in [3.63, 3.8) is 0 Å². The number of nitrogens with zero attached hydrogens (tertiary/aromatic N) is 4. The lowest BCUT2D eigenvalue weighted by Gasteiger charge is -2.19. The molecule has 3 aromatic rings. The third-order valence-electron chi connectivity index (χ3n) is 5.20. The van der Waals surface area contributed by atoms with Crippen molar-refractivity contribution in [2.45, 2.75) is 62.4 Å². The monoisotopic (exact) mass is 406 g/mol. The number of carbonyl (C=O) groups excluding carboxylic acids is 1. The van der Waals surface area contributed by atoms with E-state index in [9.17, 15) is 4.79 Å². The number of rotatable bonds is 6. The van der Waals surface area contributed by atoms with Crippen LogP contribution >= 0.6 is 11.8 Å². The lowest BCUT2D eigenvalue weighted by molar-refractivity contribution is 0.0993. The fraction of sp³-hybridized carbons (Fsp3) is 0.391. The molecule has 1 aromatic carbocycles. The summed E-state index contributed by atoms with van der Waals surface area (Å²) in [5, 5.41) is 9.42. The summed E-state index contributed by atoms with van der Waals surface area (Å²) in [6.07, 6.45) is 5.78. The van der Waals surface area contributed by atoms with Gasteiger partial charge >= 0.3 is 0 Å². The molecule has 0 amide bonds. The highest BCUT2D eigenvalue weighted by molar-refractivity contribution is 8.00. The van der Waals surface area contributed by atoms with Crippen molar-refractivity contribution in [3.8, 4) is 11.4 Å². The van der Waals surface area contributed by atoms with E-state index >= 15 is 0 Å². The van der Waals surface area contributed by atoms with Gasteiger partial charge in [0.05, 0.1) is 5.25 Å². The number of benzene rings is 1. The summed E-state index contributed by atoms with van der Waals surface area (Å²) in [6, 6.07) is 12.3. The van der Waals surface area contributed by atoms with Gasteiger partial charge in [0.15, 0.2) is 16.8 Å². The van der Waals surface area contributed by atoms with Crippen molar-refractivity contribution in [1.82, 2.24) is 19.7 Å². The first-order chi connectivity index (χ1) is 13.8. The SMILES string of the molecule is C[C@@H](Sc1nnc(-c2ccncc2)n1C1CC1)C(=O)c1ccc(C(C)(C)C)cc1. The summed E-state index contributed by atoms with van der Waals surface area (Å²) < 4.78 is 2.19. The molecule has 2 aromatic heterocycles. The van der Waals surface area contributed by atoms with Gasteiger partial charge in [0, 0.05) is 29.6 Å². The van der Waals surface area contributed by atoms with Crippen LogP contribution in [0.1, 0.15) is 62.5 Å². The molecular formula is C23H26N4OS. The summed E-state index contributed by atoms with van der Waals surface area (Å²) >= 11 is 1.49. The molecule has 1 aliphatic carbocycles. The molecule has 0 N–H and O–H groups in total. The Labute approximate surface area is 176 Å². The first-order valence-electron chi connectivity index (χ1n) is 10.0. The Morgan fingerprint density at radius 2 is 1.72 bits per heavy atom. The average molecular weight is 407 g/mol. The number of aromatic nitrogens is 4. The Morgan fingerprint density at radius 3 is 2.31 bits per heavy atom. The van der Waals surface area contributed by atoms with E-state index in [1.54, 1.807) is 12.4 Å². The fourth-order valence-electron chi connectivity index (χ4n) is 3.30. The maximum atomic E-state index is 13.0. The van der Waals surface area contributed by atoms with Gasteiger partial charge in [-0.05, 0) is 42.9 Å². The van der Waals surface area contributed by atoms with Crippen molar-refractivity contribution < 1.29 is 4.79 Å². The molecule has 29 heavy (non-hydrogen) atoms. The fourth-order valence-corrected chi connectivity index (χ4v) is 4.29. The molecule has 1 atom stereocenters. The van der Waals surface area contributed by atoms with E-state index in [4.69, 9.17) is 0 Å². The largest absolute Gasteiger partial charge is 0.299 e. The molecule has 1 saturated carbocycles. The predicted octanol–water partition coefficient (Wildman–Crippen LogP) is 5.34. The van der Waals surface area contributed by atoms with E-state index in [1.165, 1.54) is 17.3 Å². The highest BCUT2D eigenvalue weighted by Crippen LogP contribution is 2.41. The second-order valence-corrected chi connectivity index (χ2v) is 9.90. The van der Waals surface area contributed by atoms with E-state index in [0.717, 1.165) is 34.9 Å². The van der Waals surface area contributed by atoms with Gasteiger partial charge in [-0.1, -0.05) is 56.8 Å². The van der Waals surface area contributed by atoms with Crippen LogP contribution in [0.5, 0.6) is 0 Å². The molecule has 0 spiro atoms. The first kappa shape index (κ1) is 19.8. The summed E-state index contributed by atoms with van der Waals surface area (Å²) in [6.45, 7) is 8.47. The van der Waals surface area contributed by atoms with E-state index in [-0.39, 0.29) is 16.4 Å². The lowest BCUT2D eigenvalue weighted by Crippen LogP contribution is -2.16. The van der Waals surface area contributed by atoms with Crippen LogP contribution in [0.2, 0.25) is 0 Å². The molecule has 0 unspecified atom stereocenters. The zero-order valence-electron chi connectivity index (χ0n) is 17.3. The number of hydrogen-bond acceptors (Lipinski definition) is 5. The van der Waals surface area contributed by atoms with E-state index in [2.05, 4.69) is 52.7 Å². The highest BCUT2D eigenvalue weighted by atomic mass is 32.2. The minimum absolute atomic E-state index is 0.0754. The first-order valence-corrected chi connectivity index (χ1v) is 10.9. The lowest BCUT2D eigenvalue weighted by atomic mass is 9.86. The van der Waals surface area contributed by atoms with Crippen molar-refractivity contribution in [2.24, 2.45) is 0 Å². The molecular weight excluding hydrogens is 380 g/mol. The molecule has 0 saturated heterocycles. The number of ketones is 1. The standard InChI is InChI=1S/C23H26N4OS/c1-15(20(28)16-5-7-18(8-6-16)23(2,3)4)29-22-26-25-21(27(22)19-9-10-19)17-11-13-24-14-12-17/h5-8,11-15,19H,9-10H2,1-4H3/t15-/m1/s1. The third-order valence-corrected chi connectivity index (χ3v) is 6.26. The van der Waals surface area contributed by atoms with Gasteiger partial charge in [-0.25, -0.2) is 0 Å². The summed E-state index contributed by atoms with van der Waals surface area (Å²) in [7, 11) is 0. The molecule has 6 heteroatoms. The second kappa shape index (κ2) is 7.75. The Bertz CT molecular complexity index is 1000. The molecule has 0 radical (unpaired) electrons. The Hall–Kier alpha value is -2.47. The average Bonchev–Trinajstić information content (AvgIpc) is 3.47. The van der Waals surface area contributed by atoms with Gasteiger partial charge in [-0.15, -0.1) is 10.2 Å². The van der Waals surface area contributed by atoms with Gasteiger partial charge in [0.25, 0.3) is 0 Å². The molecule has 1 fully saturated rings. The summed E-state index contributed by atoms with van der Waals surface area (Å²) in [5.74, 6) is 0.970. The molecule has 1 aliphatic rings. The zero-order chi connectivity index (χ0) is 20.6. The van der Waals surface area contributed by atoms with Crippen LogP contribution in [0.4, 0.5) is 0 Å². The van der Waals surface area contributed by atoms with Crippen molar-refractivity contribution in [2.75, 3.05) is 0 Å². The Morgan fingerprint density at radius 1 is 1.07 bits per heavy atom. The van der Waals surface area contributed by atoms with Crippen LogP contribution < -0.4 is 0 Å². The van der Waals surface area contributed by atoms with Crippen LogP contribution in [-0.2, 0) is 5.41 Å². The minimum atomic E-state index is -0.234. The van der Waals surface area contributed by atoms with E-state index in [1.807, 2.05) is 31.2 Å². The minimum Gasteiger partial charge on any atom is -0.299 e. The van der Waals surface area contributed by atoms with Gasteiger partial charge in [0.1, 0.15) is 0 Å². The normalized spacial score (nSPS) is 15.3. The van der Waals surface area contributed by atoms with Crippen molar-refractivity contribution >= 4 is 17.5 Å². The number of carbonyl (C=O) groups is 1. The topological polar surface area (TPSA) is 60.7 Å². The molecule has 4 rings (SSSR count). The van der Waals surface area contributed by atoms with Crippen LogP contribution in [0, 0.1) is 0 Å². The van der Waals surface area contributed by atoms with Crippen LogP contribution in [-0.4, -0.2) is 30.8 Å². The number of pyridine rings is 1.